The Bertz CT molecular complexity index is 421. The molecule has 0 aliphatic heterocycles. The van der Waals surface area contributed by atoms with Gasteiger partial charge in [0.15, 0.2) is 0 Å². The Kier molecular flexibility index (Phi) is 9.21. The predicted molar refractivity (Wildman–Crippen MR) is 84.6 cm³/mol. The van der Waals surface area contributed by atoms with Gasteiger partial charge in [0.05, 0.1) is 45.7 Å². The summed E-state index contributed by atoms with van der Waals surface area (Å²) in [4.78, 5) is 13.4. The molecule has 0 heterocycles. The monoisotopic (exact) mass is 311 g/mol. The summed E-state index contributed by atoms with van der Waals surface area (Å²) in [6, 6.07) is 7.28. The van der Waals surface area contributed by atoms with Gasteiger partial charge in [0.1, 0.15) is 0 Å². The average Bonchev–Trinajstić information content (AvgIpc) is 2.56. The highest BCUT2D eigenvalue weighted by molar-refractivity contribution is 5.89. The fraction of sp³-hybridized carbons (Fsp3) is 0.562. The molecule has 6 heteroatoms. The molecule has 0 saturated heterocycles. The molecule has 0 aliphatic carbocycles. The van der Waals surface area contributed by atoms with Crippen molar-refractivity contribution < 1.29 is 23.7 Å². The van der Waals surface area contributed by atoms with Gasteiger partial charge in [-0.05, 0) is 24.3 Å². The first-order chi connectivity index (χ1) is 10.7. The van der Waals surface area contributed by atoms with Gasteiger partial charge in [0, 0.05) is 26.4 Å². The number of benzene rings is 1. The summed E-state index contributed by atoms with van der Waals surface area (Å²) in [5, 5.41) is 0. The van der Waals surface area contributed by atoms with Gasteiger partial charge < -0.3 is 23.8 Å². The molecule has 0 radical (unpaired) electrons. The number of methoxy groups -OCH3 is 2. The Labute approximate surface area is 131 Å². The van der Waals surface area contributed by atoms with Gasteiger partial charge >= 0.3 is 5.97 Å². The van der Waals surface area contributed by atoms with E-state index in [1.165, 1.54) is 7.11 Å². The minimum atomic E-state index is -0.328. The van der Waals surface area contributed by atoms with Gasteiger partial charge in [-0.1, -0.05) is 0 Å². The van der Waals surface area contributed by atoms with Gasteiger partial charge in [0.2, 0.25) is 0 Å². The van der Waals surface area contributed by atoms with E-state index in [4.69, 9.17) is 14.2 Å². The van der Waals surface area contributed by atoms with E-state index < -0.39 is 0 Å². The fourth-order valence-electron chi connectivity index (χ4n) is 1.76. The molecule has 0 bridgehead atoms. The van der Waals surface area contributed by atoms with Crippen molar-refractivity contribution in [3.05, 3.63) is 29.8 Å². The Morgan fingerprint density at radius 3 is 2.14 bits per heavy atom. The summed E-state index contributed by atoms with van der Waals surface area (Å²) in [6.45, 7) is 3.70. The van der Waals surface area contributed by atoms with E-state index in [0.717, 1.165) is 12.2 Å². The molecule has 0 aromatic heterocycles. The standard InChI is InChI=1S/C16H25NO5/c1-17(8-9-21-12-13-22-11-10-19-2)15-6-4-14(5-7-15)16(18)20-3/h4-7H,8-13H2,1-3H3. The third-order valence-electron chi connectivity index (χ3n) is 3.10. The minimum Gasteiger partial charge on any atom is -0.465 e. The first-order valence-electron chi connectivity index (χ1n) is 7.23. The number of hydrogen-bond donors (Lipinski definition) is 0. The second kappa shape index (κ2) is 11.0. The largest absolute Gasteiger partial charge is 0.465 e. The van der Waals surface area contributed by atoms with Gasteiger partial charge in [-0.25, -0.2) is 4.79 Å². The van der Waals surface area contributed by atoms with Crippen LogP contribution >= 0.6 is 0 Å². The highest BCUT2D eigenvalue weighted by Gasteiger charge is 2.06. The number of ether oxygens (including phenoxy) is 4. The molecule has 1 rings (SSSR count). The molecular weight excluding hydrogens is 286 g/mol. The van der Waals surface area contributed by atoms with Crippen molar-refractivity contribution in [1.82, 2.24) is 0 Å². The van der Waals surface area contributed by atoms with Crippen LogP contribution in [0.5, 0.6) is 0 Å². The molecule has 0 aliphatic rings. The van der Waals surface area contributed by atoms with Crippen molar-refractivity contribution in [3.8, 4) is 0 Å². The smallest absolute Gasteiger partial charge is 0.337 e. The van der Waals surface area contributed by atoms with E-state index in [1.54, 1.807) is 19.2 Å². The van der Waals surface area contributed by atoms with E-state index in [9.17, 15) is 4.79 Å². The number of rotatable bonds is 11. The Hall–Kier alpha value is -1.63. The van der Waals surface area contributed by atoms with Crippen LogP contribution in [0.1, 0.15) is 10.4 Å². The van der Waals surface area contributed by atoms with Crippen LogP contribution in [0.25, 0.3) is 0 Å². The molecule has 1 aromatic rings. The number of anilines is 1. The lowest BCUT2D eigenvalue weighted by atomic mass is 10.2. The number of carbonyl (C=O) groups excluding carboxylic acids is 1. The number of hydrogen-bond acceptors (Lipinski definition) is 6. The molecule has 0 saturated carbocycles. The summed E-state index contributed by atoms with van der Waals surface area (Å²) >= 11 is 0. The topological polar surface area (TPSA) is 57.2 Å². The van der Waals surface area contributed by atoms with E-state index in [0.29, 0.717) is 38.6 Å². The number of esters is 1. The van der Waals surface area contributed by atoms with Crippen molar-refractivity contribution in [3.63, 3.8) is 0 Å². The molecule has 0 unspecified atom stereocenters. The highest BCUT2D eigenvalue weighted by Crippen LogP contribution is 2.14. The highest BCUT2D eigenvalue weighted by atomic mass is 16.5. The van der Waals surface area contributed by atoms with Crippen LogP contribution in [0.4, 0.5) is 5.69 Å². The molecule has 22 heavy (non-hydrogen) atoms. The maximum absolute atomic E-state index is 11.4. The van der Waals surface area contributed by atoms with E-state index in [1.807, 2.05) is 19.2 Å². The third-order valence-corrected chi connectivity index (χ3v) is 3.10. The van der Waals surface area contributed by atoms with Crippen molar-refractivity contribution in [2.45, 2.75) is 0 Å². The quantitative estimate of drug-likeness (QED) is 0.457. The molecule has 124 valence electrons. The van der Waals surface area contributed by atoms with E-state index in [2.05, 4.69) is 9.64 Å². The molecule has 0 fully saturated rings. The zero-order chi connectivity index (χ0) is 16.2. The Morgan fingerprint density at radius 2 is 1.55 bits per heavy atom. The molecule has 1 aromatic carbocycles. The van der Waals surface area contributed by atoms with Crippen LogP contribution in [0.3, 0.4) is 0 Å². The summed E-state index contributed by atoms with van der Waals surface area (Å²) in [5.74, 6) is -0.328. The first-order valence-corrected chi connectivity index (χ1v) is 7.23. The first kappa shape index (κ1) is 18.4. The zero-order valence-electron chi connectivity index (χ0n) is 13.5. The van der Waals surface area contributed by atoms with Crippen LogP contribution in [-0.2, 0) is 18.9 Å². The zero-order valence-corrected chi connectivity index (χ0v) is 13.5. The molecule has 0 spiro atoms. The average molecular weight is 311 g/mol. The molecule has 0 N–H and O–H groups in total. The predicted octanol–water partition coefficient (Wildman–Crippen LogP) is 1.59. The molecule has 6 nitrogen and oxygen atoms in total. The number of likely N-dealkylation sites (N-methyl/N-ethyl adjacent to an activating group) is 1. The van der Waals surface area contributed by atoms with Crippen LogP contribution < -0.4 is 4.90 Å². The summed E-state index contributed by atoms with van der Waals surface area (Å²) < 4.78 is 20.4. The number of carbonyl (C=O) groups is 1. The summed E-state index contributed by atoms with van der Waals surface area (Å²) in [6.07, 6.45) is 0. The second-order valence-electron chi connectivity index (χ2n) is 4.68. The van der Waals surface area contributed by atoms with Crippen molar-refractivity contribution in [1.29, 1.82) is 0 Å². The maximum Gasteiger partial charge on any atom is 0.337 e. The van der Waals surface area contributed by atoms with Crippen LogP contribution in [0.15, 0.2) is 24.3 Å². The fourth-order valence-corrected chi connectivity index (χ4v) is 1.76. The lowest BCUT2D eigenvalue weighted by molar-refractivity contribution is 0.0266. The van der Waals surface area contributed by atoms with Gasteiger partial charge in [-0.15, -0.1) is 0 Å². The summed E-state index contributed by atoms with van der Waals surface area (Å²) in [7, 11) is 5.00. The second-order valence-corrected chi connectivity index (χ2v) is 4.68. The molecular formula is C16H25NO5. The van der Waals surface area contributed by atoms with Crippen molar-refractivity contribution in [2.24, 2.45) is 0 Å². The van der Waals surface area contributed by atoms with Crippen LogP contribution in [-0.4, -0.2) is 66.8 Å². The van der Waals surface area contributed by atoms with Gasteiger partial charge in [-0.2, -0.15) is 0 Å². The minimum absolute atomic E-state index is 0.328. The molecule has 0 atom stereocenters. The molecule has 0 amide bonds. The van der Waals surface area contributed by atoms with Crippen molar-refractivity contribution in [2.75, 3.05) is 65.7 Å². The van der Waals surface area contributed by atoms with E-state index >= 15 is 0 Å². The van der Waals surface area contributed by atoms with E-state index in [-0.39, 0.29) is 5.97 Å². The Balaban J connectivity index is 2.19. The number of nitrogens with zero attached hydrogens (tertiary/aromatic N) is 1. The summed E-state index contributed by atoms with van der Waals surface area (Å²) in [5.41, 5.74) is 1.57. The Morgan fingerprint density at radius 1 is 0.955 bits per heavy atom. The lowest BCUT2D eigenvalue weighted by Gasteiger charge is -2.19. The van der Waals surface area contributed by atoms with Crippen molar-refractivity contribution >= 4 is 11.7 Å². The van der Waals surface area contributed by atoms with Crippen LogP contribution in [0.2, 0.25) is 0 Å². The third kappa shape index (κ3) is 6.89. The van der Waals surface area contributed by atoms with Gasteiger partial charge in [0.25, 0.3) is 0 Å². The normalized spacial score (nSPS) is 10.5. The maximum atomic E-state index is 11.4. The lowest BCUT2D eigenvalue weighted by Crippen LogP contribution is -2.23. The van der Waals surface area contributed by atoms with Crippen LogP contribution in [0, 0.1) is 0 Å². The van der Waals surface area contributed by atoms with Gasteiger partial charge in [-0.3, -0.25) is 0 Å². The SMILES string of the molecule is COCCOCCOCCN(C)c1ccc(C(=O)OC)cc1.